The Labute approximate surface area is 156 Å². The number of ether oxygens (including phenoxy) is 2. The third-order valence-corrected chi connectivity index (χ3v) is 4.68. The minimum Gasteiger partial charge on any atom is -0.465 e. The van der Waals surface area contributed by atoms with Crippen LogP contribution in [0.5, 0.6) is 0 Å². The van der Waals surface area contributed by atoms with Crippen LogP contribution in [-0.2, 0) is 9.47 Å². The van der Waals surface area contributed by atoms with E-state index in [0.717, 1.165) is 34.4 Å². The molecule has 2 aromatic carbocycles. The van der Waals surface area contributed by atoms with Crippen LogP contribution in [0.2, 0.25) is 0 Å². The van der Waals surface area contributed by atoms with E-state index in [0.29, 0.717) is 18.8 Å². The van der Waals surface area contributed by atoms with Gasteiger partial charge in [0, 0.05) is 28.8 Å². The molecule has 0 amide bonds. The average molecular weight is 402 g/mol. The zero-order valence-corrected chi connectivity index (χ0v) is 15.7. The monoisotopic (exact) mass is 401 g/mol. The van der Waals surface area contributed by atoms with E-state index < -0.39 is 0 Å². The van der Waals surface area contributed by atoms with Gasteiger partial charge < -0.3 is 14.4 Å². The zero-order chi connectivity index (χ0) is 17.6. The molecule has 1 saturated heterocycles. The van der Waals surface area contributed by atoms with Crippen LogP contribution in [0.4, 0.5) is 5.69 Å². The number of hydrogen-bond acceptors (Lipinski definition) is 4. The second-order valence-electron chi connectivity index (χ2n) is 5.71. The van der Waals surface area contributed by atoms with Gasteiger partial charge in [-0.05, 0) is 29.8 Å². The number of anilines is 1. The van der Waals surface area contributed by atoms with Crippen molar-refractivity contribution in [2.24, 2.45) is 0 Å². The van der Waals surface area contributed by atoms with Gasteiger partial charge in [-0.1, -0.05) is 46.3 Å². The van der Waals surface area contributed by atoms with E-state index in [2.05, 4.69) is 20.8 Å². The topological polar surface area (TPSA) is 38.8 Å². The van der Waals surface area contributed by atoms with Crippen molar-refractivity contribution in [3.63, 3.8) is 0 Å². The van der Waals surface area contributed by atoms with E-state index in [1.54, 1.807) is 6.07 Å². The Morgan fingerprint density at radius 2 is 1.84 bits per heavy atom. The first-order valence-corrected chi connectivity index (χ1v) is 8.96. The second-order valence-corrected chi connectivity index (χ2v) is 6.63. The van der Waals surface area contributed by atoms with E-state index in [9.17, 15) is 4.79 Å². The van der Waals surface area contributed by atoms with E-state index in [1.165, 1.54) is 7.11 Å². The summed E-state index contributed by atoms with van der Waals surface area (Å²) < 4.78 is 11.4. The van der Waals surface area contributed by atoms with Crippen LogP contribution in [0.15, 0.2) is 46.9 Å². The minimum absolute atomic E-state index is 0.328. The number of methoxy groups -OCH3 is 1. The van der Waals surface area contributed by atoms with E-state index in [-0.39, 0.29) is 5.97 Å². The lowest BCUT2D eigenvalue weighted by Gasteiger charge is -2.30. The van der Waals surface area contributed by atoms with Crippen LogP contribution in [0.3, 0.4) is 0 Å². The molecule has 0 N–H and O–H groups in total. The first-order valence-electron chi connectivity index (χ1n) is 8.16. The van der Waals surface area contributed by atoms with Crippen molar-refractivity contribution in [3.8, 4) is 0 Å². The first kappa shape index (κ1) is 17.7. The molecule has 0 radical (unpaired) electrons. The molecule has 25 heavy (non-hydrogen) atoms. The molecule has 1 fully saturated rings. The maximum atomic E-state index is 12.2. The number of morpholine rings is 1. The predicted molar refractivity (Wildman–Crippen MR) is 104 cm³/mol. The Morgan fingerprint density at radius 3 is 2.52 bits per heavy atom. The number of benzene rings is 2. The molecule has 130 valence electrons. The number of hydrogen-bond donors (Lipinski definition) is 0. The predicted octanol–water partition coefficient (Wildman–Crippen LogP) is 4.24. The van der Waals surface area contributed by atoms with Gasteiger partial charge in [0.25, 0.3) is 0 Å². The van der Waals surface area contributed by atoms with E-state index in [1.807, 2.05) is 48.6 Å². The van der Waals surface area contributed by atoms with Gasteiger partial charge in [-0.3, -0.25) is 0 Å². The van der Waals surface area contributed by atoms with Gasteiger partial charge in [0.05, 0.1) is 25.9 Å². The highest BCUT2D eigenvalue weighted by Crippen LogP contribution is 2.28. The van der Waals surface area contributed by atoms with Crippen molar-refractivity contribution in [3.05, 3.63) is 63.6 Å². The lowest BCUT2D eigenvalue weighted by atomic mass is 10.0. The van der Waals surface area contributed by atoms with Crippen LogP contribution < -0.4 is 4.90 Å². The molecule has 5 heteroatoms. The number of carbonyl (C=O) groups is 1. The molecular formula is C20H20BrNO3. The molecule has 2 aromatic rings. The number of rotatable bonds is 4. The lowest BCUT2D eigenvalue weighted by Crippen LogP contribution is -2.36. The molecule has 0 aliphatic carbocycles. The summed E-state index contributed by atoms with van der Waals surface area (Å²) in [5.74, 6) is -0.328. The normalized spacial score (nSPS) is 14.7. The molecule has 1 heterocycles. The van der Waals surface area contributed by atoms with E-state index >= 15 is 0 Å². The van der Waals surface area contributed by atoms with Gasteiger partial charge in [0.15, 0.2) is 0 Å². The van der Waals surface area contributed by atoms with E-state index in [4.69, 9.17) is 9.47 Å². The number of halogens is 1. The van der Waals surface area contributed by atoms with Crippen molar-refractivity contribution < 1.29 is 14.3 Å². The van der Waals surface area contributed by atoms with Crippen molar-refractivity contribution >= 4 is 39.7 Å². The zero-order valence-electron chi connectivity index (χ0n) is 14.1. The van der Waals surface area contributed by atoms with Crippen LogP contribution in [-0.4, -0.2) is 39.4 Å². The highest BCUT2D eigenvalue weighted by atomic mass is 79.9. The molecule has 0 bridgehead atoms. The summed E-state index contributed by atoms with van der Waals surface area (Å²) in [7, 11) is 1.41. The van der Waals surface area contributed by atoms with Crippen LogP contribution >= 0.6 is 15.9 Å². The number of carbonyl (C=O) groups excluding carboxylic acids is 1. The first-order chi connectivity index (χ1) is 12.2. The molecule has 0 unspecified atom stereocenters. The maximum absolute atomic E-state index is 12.2. The van der Waals surface area contributed by atoms with Gasteiger partial charge in [-0.25, -0.2) is 4.79 Å². The average Bonchev–Trinajstić information content (AvgIpc) is 2.67. The lowest BCUT2D eigenvalue weighted by molar-refractivity contribution is 0.0600. The Hall–Kier alpha value is -2.11. The Morgan fingerprint density at radius 1 is 1.12 bits per heavy atom. The fraction of sp³-hybridized carbons (Fsp3) is 0.250. The van der Waals surface area contributed by atoms with Gasteiger partial charge >= 0.3 is 5.97 Å². The highest BCUT2D eigenvalue weighted by molar-refractivity contribution is 9.10. The van der Waals surface area contributed by atoms with Crippen LogP contribution in [0.25, 0.3) is 12.2 Å². The summed E-state index contributed by atoms with van der Waals surface area (Å²) in [6.07, 6.45) is 4.00. The van der Waals surface area contributed by atoms with Crippen LogP contribution in [0, 0.1) is 0 Å². The molecule has 1 aliphatic rings. The summed E-state index contributed by atoms with van der Waals surface area (Å²) in [4.78, 5) is 14.5. The SMILES string of the molecule is COC(=O)c1cccc(N2CCOCC2)c1/C=C/c1ccc(Br)cc1. The standard InChI is InChI=1S/C20H20BrNO3/c1-24-20(23)18-3-2-4-19(22-11-13-25-14-12-22)17(18)10-7-15-5-8-16(21)9-6-15/h2-10H,11-14H2,1H3/b10-7+. The largest absolute Gasteiger partial charge is 0.465 e. The van der Waals surface area contributed by atoms with Gasteiger partial charge in [-0.15, -0.1) is 0 Å². The maximum Gasteiger partial charge on any atom is 0.338 e. The van der Waals surface area contributed by atoms with Crippen molar-refractivity contribution in [2.75, 3.05) is 38.3 Å². The second kappa shape index (κ2) is 8.32. The van der Waals surface area contributed by atoms with Crippen molar-refractivity contribution in [1.82, 2.24) is 0 Å². The molecule has 4 nitrogen and oxygen atoms in total. The molecular weight excluding hydrogens is 382 g/mol. The Kier molecular flexibility index (Phi) is 5.89. The van der Waals surface area contributed by atoms with Gasteiger partial charge in [0.2, 0.25) is 0 Å². The summed E-state index contributed by atoms with van der Waals surface area (Å²) in [6.45, 7) is 3.00. The smallest absolute Gasteiger partial charge is 0.338 e. The molecule has 1 aliphatic heterocycles. The Bertz CT molecular complexity index is 765. The highest BCUT2D eigenvalue weighted by Gasteiger charge is 2.19. The summed E-state index contributed by atoms with van der Waals surface area (Å²) >= 11 is 3.44. The Balaban J connectivity index is 2.00. The molecule has 0 spiro atoms. The van der Waals surface area contributed by atoms with Crippen molar-refractivity contribution in [1.29, 1.82) is 0 Å². The summed E-state index contributed by atoms with van der Waals surface area (Å²) in [5, 5.41) is 0. The third kappa shape index (κ3) is 4.30. The minimum atomic E-state index is -0.328. The number of esters is 1. The summed E-state index contributed by atoms with van der Waals surface area (Å²) in [5.41, 5.74) is 3.54. The molecule has 3 rings (SSSR count). The van der Waals surface area contributed by atoms with Crippen LogP contribution in [0.1, 0.15) is 21.5 Å². The van der Waals surface area contributed by atoms with Crippen molar-refractivity contribution in [2.45, 2.75) is 0 Å². The fourth-order valence-electron chi connectivity index (χ4n) is 2.85. The molecule has 0 aromatic heterocycles. The molecule has 0 saturated carbocycles. The fourth-order valence-corrected chi connectivity index (χ4v) is 3.11. The summed E-state index contributed by atoms with van der Waals surface area (Å²) in [6, 6.07) is 13.8. The van der Waals surface area contributed by atoms with Gasteiger partial charge in [0.1, 0.15) is 0 Å². The molecule has 0 atom stereocenters. The quantitative estimate of drug-likeness (QED) is 0.567. The van der Waals surface area contributed by atoms with Gasteiger partial charge in [-0.2, -0.15) is 0 Å². The third-order valence-electron chi connectivity index (χ3n) is 4.15. The number of nitrogens with zero attached hydrogens (tertiary/aromatic N) is 1.